The second-order valence-electron chi connectivity index (χ2n) is 2.72. The summed E-state index contributed by atoms with van der Waals surface area (Å²) in [6.07, 6.45) is -1.71. The van der Waals surface area contributed by atoms with E-state index in [1.165, 1.54) is 6.08 Å². The van der Waals surface area contributed by atoms with Gasteiger partial charge in [0.15, 0.2) is 0 Å². The standard InChI is InChI=1S/C7H10O5/c8-4-2-1-3(7(11)12)5(9)6(4)10/h1-6,8-10H,(H,11,12)/t3-,4-,5+,6+/m1/s1. The van der Waals surface area contributed by atoms with Gasteiger partial charge in [0.1, 0.15) is 18.1 Å². The van der Waals surface area contributed by atoms with Crippen molar-refractivity contribution in [1.82, 2.24) is 0 Å². The Morgan fingerprint density at radius 3 is 2.17 bits per heavy atom. The van der Waals surface area contributed by atoms with Gasteiger partial charge in [-0.15, -0.1) is 0 Å². The summed E-state index contributed by atoms with van der Waals surface area (Å²) in [5.41, 5.74) is 0. The quantitative estimate of drug-likeness (QED) is 0.357. The molecule has 1 aliphatic carbocycles. The minimum atomic E-state index is -1.44. The molecule has 0 aromatic heterocycles. The van der Waals surface area contributed by atoms with Crippen molar-refractivity contribution in [2.75, 3.05) is 0 Å². The van der Waals surface area contributed by atoms with Crippen LogP contribution < -0.4 is 0 Å². The zero-order valence-electron chi connectivity index (χ0n) is 6.16. The molecule has 0 saturated carbocycles. The van der Waals surface area contributed by atoms with Gasteiger partial charge in [-0.25, -0.2) is 0 Å². The Bertz CT molecular complexity index is 212. The average molecular weight is 174 g/mol. The van der Waals surface area contributed by atoms with Crippen molar-refractivity contribution in [2.45, 2.75) is 18.3 Å². The van der Waals surface area contributed by atoms with Gasteiger partial charge < -0.3 is 20.4 Å². The fraction of sp³-hybridized carbons (Fsp3) is 0.571. The number of carboxylic acids is 1. The smallest absolute Gasteiger partial charge is 0.313 e. The highest BCUT2D eigenvalue weighted by Gasteiger charge is 2.36. The largest absolute Gasteiger partial charge is 0.481 e. The van der Waals surface area contributed by atoms with Crippen molar-refractivity contribution in [1.29, 1.82) is 0 Å². The molecule has 68 valence electrons. The highest BCUT2D eigenvalue weighted by Crippen LogP contribution is 2.19. The molecule has 1 rings (SSSR count). The lowest BCUT2D eigenvalue weighted by Gasteiger charge is -2.28. The summed E-state index contributed by atoms with van der Waals surface area (Å²) in [5, 5.41) is 35.7. The molecule has 0 unspecified atom stereocenters. The monoisotopic (exact) mass is 174 g/mol. The third kappa shape index (κ3) is 1.47. The van der Waals surface area contributed by atoms with E-state index in [0.29, 0.717) is 0 Å². The Kier molecular flexibility index (Phi) is 2.46. The Balaban J connectivity index is 2.81. The molecule has 1 aliphatic rings. The maximum atomic E-state index is 10.4. The molecule has 0 saturated heterocycles. The summed E-state index contributed by atoms with van der Waals surface area (Å²) in [4.78, 5) is 10.4. The zero-order valence-corrected chi connectivity index (χ0v) is 6.16. The molecule has 0 aliphatic heterocycles. The molecular formula is C7H10O5. The van der Waals surface area contributed by atoms with Gasteiger partial charge >= 0.3 is 5.97 Å². The van der Waals surface area contributed by atoms with E-state index in [1.54, 1.807) is 0 Å². The lowest BCUT2D eigenvalue weighted by molar-refractivity contribution is -0.149. The minimum absolute atomic E-state index is 1.14. The lowest BCUT2D eigenvalue weighted by Crippen LogP contribution is -2.46. The summed E-state index contributed by atoms with van der Waals surface area (Å²) in [5.74, 6) is -2.35. The number of rotatable bonds is 1. The summed E-state index contributed by atoms with van der Waals surface area (Å²) < 4.78 is 0. The molecule has 0 radical (unpaired) electrons. The second-order valence-corrected chi connectivity index (χ2v) is 2.72. The molecule has 0 fully saturated rings. The molecule has 0 amide bonds. The zero-order chi connectivity index (χ0) is 9.30. The molecule has 4 N–H and O–H groups in total. The molecule has 5 heteroatoms. The van der Waals surface area contributed by atoms with Crippen LogP contribution in [0.25, 0.3) is 0 Å². The number of aliphatic carboxylic acids is 1. The molecule has 12 heavy (non-hydrogen) atoms. The molecule has 0 aromatic rings. The van der Waals surface area contributed by atoms with Crippen molar-refractivity contribution >= 4 is 5.97 Å². The van der Waals surface area contributed by atoms with Crippen LogP contribution in [-0.2, 0) is 4.79 Å². The second kappa shape index (κ2) is 3.22. The van der Waals surface area contributed by atoms with E-state index in [2.05, 4.69) is 0 Å². The Labute approximate surface area is 68.6 Å². The van der Waals surface area contributed by atoms with Crippen LogP contribution in [-0.4, -0.2) is 44.7 Å². The first kappa shape index (κ1) is 9.18. The third-order valence-electron chi connectivity index (χ3n) is 1.87. The van der Waals surface area contributed by atoms with Gasteiger partial charge in [0.25, 0.3) is 0 Å². The van der Waals surface area contributed by atoms with E-state index in [1.807, 2.05) is 0 Å². The van der Waals surface area contributed by atoms with Crippen LogP contribution in [0.3, 0.4) is 0 Å². The maximum Gasteiger partial charge on any atom is 0.313 e. The molecule has 0 aromatic carbocycles. The normalized spacial score (nSPS) is 41.2. The van der Waals surface area contributed by atoms with E-state index in [9.17, 15) is 4.79 Å². The van der Waals surface area contributed by atoms with Gasteiger partial charge in [-0.1, -0.05) is 12.2 Å². The fourth-order valence-corrected chi connectivity index (χ4v) is 1.10. The summed E-state index contributed by atoms with van der Waals surface area (Å²) >= 11 is 0. The Hall–Kier alpha value is -0.910. The van der Waals surface area contributed by atoms with Gasteiger partial charge in [-0.2, -0.15) is 0 Å². The number of aliphatic hydroxyl groups is 3. The van der Waals surface area contributed by atoms with Crippen LogP contribution in [0.15, 0.2) is 12.2 Å². The first-order valence-electron chi connectivity index (χ1n) is 3.49. The molecule has 0 spiro atoms. The van der Waals surface area contributed by atoms with Crippen molar-refractivity contribution in [2.24, 2.45) is 5.92 Å². The molecule has 4 atom stereocenters. The predicted octanol–water partition coefficient (Wildman–Crippen LogP) is -1.66. The van der Waals surface area contributed by atoms with E-state index < -0.39 is 30.2 Å². The first-order chi connectivity index (χ1) is 5.54. The number of aliphatic hydroxyl groups excluding tert-OH is 3. The first-order valence-corrected chi connectivity index (χ1v) is 3.49. The van der Waals surface area contributed by atoms with Gasteiger partial charge in [0.2, 0.25) is 0 Å². The van der Waals surface area contributed by atoms with Crippen LogP contribution in [0.4, 0.5) is 0 Å². The Morgan fingerprint density at radius 2 is 1.67 bits per heavy atom. The van der Waals surface area contributed by atoms with Crippen LogP contribution in [0.5, 0.6) is 0 Å². The summed E-state index contributed by atoms with van der Waals surface area (Å²) in [6.45, 7) is 0. The van der Waals surface area contributed by atoms with Gasteiger partial charge in [0.05, 0.1) is 6.10 Å². The number of carbonyl (C=O) groups is 1. The van der Waals surface area contributed by atoms with Crippen LogP contribution >= 0.6 is 0 Å². The summed E-state index contributed by atoms with van der Waals surface area (Å²) in [6, 6.07) is 0. The van der Waals surface area contributed by atoms with Crippen molar-refractivity contribution in [3.8, 4) is 0 Å². The van der Waals surface area contributed by atoms with Gasteiger partial charge in [0, 0.05) is 0 Å². The van der Waals surface area contributed by atoms with Crippen LogP contribution in [0.1, 0.15) is 0 Å². The number of hydrogen-bond donors (Lipinski definition) is 4. The van der Waals surface area contributed by atoms with Crippen molar-refractivity contribution in [3.05, 3.63) is 12.2 Å². The van der Waals surface area contributed by atoms with E-state index in [4.69, 9.17) is 20.4 Å². The Morgan fingerprint density at radius 1 is 1.08 bits per heavy atom. The van der Waals surface area contributed by atoms with Crippen molar-refractivity contribution in [3.63, 3.8) is 0 Å². The number of hydrogen-bond acceptors (Lipinski definition) is 4. The van der Waals surface area contributed by atoms with Crippen LogP contribution in [0.2, 0.25) is 0 Å². The molecule has 0 bridgehead atoms. The van der Waals surface area contributed by atoms with E-state index >= 15 is 0 Å². The highest BCUT2D eigenvalue weighted by atomic mass is 16.4. The average Bonchev–Trinajstić information content (AvgIpc) is 2.00. The third-order valence-corrected chi connectivity index (χ3v) is 1.87. The van der Waals surface area contributed by atoms with Gasteiger partial charge in [-0.3, -0.25) is 4.79 Å². The minimum Gasteiger partial charge on any atom is -0.481 e. The maximum absolute atomic E-state index is 10.4. The van der Waals surface area contributed by atoms with Gasteiger partial charge in [-0.05, 0) is 0 Å². The molecule has 5 nitrogen and oxygen atoms in total. The SMILES string of the molecule is O=C(O)[C@@H]1C=C[C@@H](O)[C@H](O)[C@H]1O. The lowest BCUT2D eigenvalue weighted by atomic mass is 9.89. The highest BCUT2D eigenvalue weighted by molar-refractivity contribution is 5.73. The summed E-state index contributed by atoms with van der Waals surface area (Å²) in [7, 11) is 0. The topological polar surface area (TPSA) is 98.0 Å². The van der Waals surface area contributed by atoms with Crippen molar-refractivity contribution < 1.29 is 25.2 Å². The number of carboxylic acid groups (broad SMARTS) is 1. The fourth-order valence-electron chi connectivity index (χ4n) is 1.10. The predicted molar refractivity (Wildman–Crippen MR) is 38.3 cm³/mol. The van der Waals surface area contributed by atoms with Crippen LogP contribution in [0, 0.1) is 5.92 Å². The van der Waals surface area contributed by atoms with E-state index in [-0.39, 0.29) is 0 Å². The molecular weight excluding hydrogens is 164 g/mol. The van der Waals surface area contributed by atoms with E-state index in [0.717, 1.165) is 6.08 Å². The molecule has 0 heterocycles.